The van der Waals surface area contributed by atoms with Gasteiger partial charge in [0.05, 0.1) is 17.8 Å². The molecule has 2 unspecified atom stereocenters. The van der Waals surface area contributed by atoms with E-state index >= 15 is 0 Å². The molecule has 1 fully saturated rings. The molecule has 176 valence electrons. The van der Waals surface area contributed by atoms with Gasteiger partial charge in [0.25, 0.3) is 10.0 Å². The number of piperazine rings is 1. The summed E-state index contributed by atoms with van der Waals surface area (Å²) >= 11 is 6.96. The fourth-order valence-electron chi connectivity index (χ4n) is 3.97. The molecule has 2 atom stereocenters. The second-order valence-corrected chi connectivity index (χ2v) is 11.5. The average molecular weight is 510 g/mol. The lowest BCUT2D eigenvalue weighted by atomic mass is 10.1. The van der Waals surface area contributed by atoms with Crippen LogP contribution in [-0.4, -0.2) is 40.7 Å². The van der Waals surface area contributed by atoms with Crippen LogP contribution in [0.15, 0.2) is 52.7 Å². The first-order chi connectivity index (χ1) is 15.7. The van der Waals surface area contributed by atoms with E-state index in [1.165, 1.54) is 25.3 Å². The number of benzene rings is 2. The van der Waals surface area contributed by atoms with Crippen LogP contribution in [0.2, 0.25) is 5.02 Å². The number of methoxy groups -OCH3 is 1. The SMILES string of the molecule is COc1ccc(N2CC(C)NC(C)C2)cc1NS(=O)(=O)c1ccc(-c2ccc(F)c(Cl)c2)s1. The van der Waals surface area contributed by atoms with Gasteiger partial charge in [-0.2, -0.15) is 0 Å². The number of nitrogens with zero attached hydrogens (tertiary/aromatic N) is 1. The molecule has 2 aromatic carbocycles. The molecule has 4 rings (SSSR count). The van der Waals surface area contributed by atoms with Crippen LogP contribution >= 0.6 is 22.9 Å². The Morgan fingerprint density at radius 2 is 1.85 bits per heavy atom. The molecule has 1 saturated heterocycles. The highest BCUT2D eigenvalue weighted by Crippen LogP contribution is 2.36. The molecule has 33 heavy (non-hydrogen) atoms. The van der Waals surface area contributed by atoms with Gasteiger partial charge in [-0.05, 0) is 61.9 Å². The van der Waals surface area contributed by atoms with Gasteiger partial charge in [0, 0.05) is 35.7 Å². The zero-order valence-corrected chi connectivity index (χ0v) is 20.8. The Kier molecular flexibility index (Phi) is 6.86. The zero-order chi connectivity index (χ0) is 23.8. The molecule has 0 spiro atoms. The molecule has 0 radical (unpaired) electrons. The number of hydrogen-bond donors (Lipinski definition) is 2. The minimum Gasteiger partial charge on any atom is -0.495 e. The fraction of sp³-hybridized carbons (Fsp3) is 0.304. The van der Waals surface area contributed by atoms with Gasteiger partial charge in [-0.15, -0.1) is 11.3 Å². The van der Waals surface area contributed by atoms with Crippen molar-refractivity contribution in [3.63, 3.8) is 0 Å². The molecule has 0 amide bonds. The number of anilines is 2. The maximum atomic E-state index is 13.5. The number of nitrogens with one attached hydrogen (secondary N) is 2. The van der Waals surface area contributed by atoms with E-state index in [-0.39, 0.29) is 9.23 Å². The van der Waals surface area contributed by atoms with Crippen LogP contribution in [0.5, 0.6) is 5.75 Å². The lowest BCUT2D eigenvalue weighted by Gasteiger charge is -2.38. The van der Waals surface area contributed by atoms with Gasteiger partial charge in [-0.25, -0.2) is 12.8 Å². The Morgan fingerprint density at radius 3 is 2.52 bits per heavy atom. The first kappa shape index (κ1) is 23.8. The van der Waals surface area contributed by atoms with Crippen LogP contribution in [0, 0.1) is 5.82 Å². The maximum Gasteiger partial charge on any atom is 0.271 e. The summed E-state index contributed by atoms with van der Waals surface area (Å²) in [5.41, 5.74) is 1.93. The molecule has 0 bridgehead atoms. The van der Waals surface area contributed by atoms with Crippen LogP contribution in [0.3, 0.4) is 0 Å². The van der Waals surface area contributed by atoms with E-state index in [1.54, 1.807) is 24.3 Å². The Hall–Kier alpha value is -2.33. The van der Waals surface area contributed by atoms with Crippen molar-refractivity contribution in [2.75, 3.05) is 29.8 Å². The molecule has 2 N–H and O–H groups in total. The lowest BCUT2D eigenvalue weighted by molar-refractivity contribution is 0.406. The van der Waals surface area contributed by atoms with Gasteiger partial charge in [0.15, 0.2) is 0 Å². The van der Waals surface area contributed by atoms with Gasteiger partial charge in [0.1, 0.15) is 15.8 Å². The number of ether oxygens (including phenoxy) is 1. The summed E-state index contributed by atoms with van der Waals surface area (Å²) in [6.07, 6.45) is 0. The molecular formula is C23H25ClFN3O3S2. The summed E-state index contributed by atoms with van der Waals surface area (Å²) in [7, 11) is -2.37. The predicted molar refractivity (Wildman–Crippen MR) is 133 cm³/mol. The normalized spacial score (nSPS) is 18.9. The standard InChI is InChI=1S/C23H25ClFN3O3S2/c1-14-12-28(13-15(2)26-14)17-5-7-21(31-3)20(11-17)27-33(29,30)23-9-8-22(32-23)16-4-6-19(25)18(24)10-16/h4-11,14-15,26-27H,12-13H2,1-3H3. The van der Waals surface area contributed by atoms with E-state index in [0.717, 1.165) is 30.1 Å². The van der Waals surface area contributed by atoms with Gasteiger partial charge in [-0.1, -0.05) is 17.7 Å². The van der Waals surface area contributed by atoms with E-state index in [4.69, 9.17) is 16.3 Å². The van der Waals surface area contributed by atoms with Gasteiger partial charge in [-0.3, -0.25) is 4.72 Å². The highest BCUT2D eigenvalue weighted by molar-refractivity contribution is 7.94. The highest BCUT2D eigenvalue weighted by Gasteiger charge is 2.24. The first-order valence-corrected chi connectivity index (χ1v) is 13.1. The van der Waals surface area contributed by atoms with E-state index < -0.39 is 15.8 Å². The molecule has 1 aliphatic rings. The second kappa shape index (κ2) is 9.50. The molecule has 10 heteroatoms. The monoisotopic (exact) mass is 509 g/mol. The summed E-state index contributed by atoms with van der Waals surface area (Å²) in [5, 5.41) is 3.48. The molecule has 1 aromatic heterocycles. The fourth-order valence-corrected chi connectivity index (χ4v) is 6.52. The zero-order valence-electron chi connectivity index (χ0n) is 18.4. The van der Waals surface area contributed by atoms with E-state index in [1.807, 2.05) is 6.07 Å². The Bertz CT molecular complexity index is 1260. The minimum absolute atomic E-state index is 0.0125. The smallest absolute Gasteiger partial charge is 0.271 e. The average Bonchev–Trinajstić information content (AvgIpc) is 3.26. The van der Waals surface area contributed by atoms with Crippen molar-refractivity contribution in [3.05, 3.63) is 59.4 Å². The molecule has 0 saturated carbocycles. The minimum atomic E-state index is -3.87. The Labute approximate surface area is 202 Å². The summed E-state index contributed by atoms with van der Waals surface area (Å²) in [6, 6.07) is 13.7. The van der Waals surface area contributed by atoms with E-state index in [0.29, 0.717) is 34.0 Å². The topological polar surface area (TPSA) is 70.7 Å². The maximum absolute atomic E-state index is 13.5. The van der Waals surface area contributed by atoms with Crippen molar-refractivity contribution in [1.82, 2.24) is 5.32 Å². The van der Waals surface area contributed by atoms with Crippen LogP contribution < -0.4 is 19.7 Å². The number of hydrogen-bond acceptors (Lipinski definition) is 6. The summed E-state index contributed by atoms with van der Waals surface area (Å²) in [6.45, 7) is 5.88. The predicted octanol–water partition coefficient (Wildman–Crippen LogP) is 5.20. The van der Waals surface area contributed by atoms with Crippen LogP contribution in [-0.2, 0) is 10.0 Å². The van der Waals surface area contributed by atoms with Crippen LogP contribution in [0.1, 0.15) is 13.8 Å². The molecule has 6 nitrogen and oxygen atoms in total. The summed E-state index contributed by atoms with van der Waals surface area (Å²) in [5.74, 6) is -0.0904. The number of sulfonamides is 1. The van der Waals surface area contributed by atoms with Gasteiger partial charge >= 0.3 is 0 Å². The quantitative estimate of drug-likeness (QED) is 0.477. The Morgan fingerprint density at radius 1 is 1.12 bits per heavy atom. The largest absolute Gasteiger partial charge is 0.495 e. The number of thiophene rings is 1. The number of halogens is 2. The van der Waals surface area contributed by atoms with Crippen LogP contribution in [0.25, 0.3) is 10.4 Å². The third kappa shape index (κ3) is 5.27. The summed E-state index contributed by atoms with van der Waals surface area (Å²) < 4.78 is 48.0. The van der Waals surface area contributed by atoms with Gasteiger partial charge < -0.3 is 15.0 Å². The van der Waals surface area contributed by atoms with Crippen LogP contribution in [0.4, 0.5) is 15.8 Å². The number of rotatable bonds is 6. The highest BCUT2D eigenvalue weighted by atomic mass is 35.5. The molecule has 2 heterocycles. The third-order valence-electron chi connectivity index (χ3n) is 5.40. The van der Waals surface area contributed by atoms with E-state index in [9.17, 15) is 12.8 Å². The van der Waals surface area contributed by atoms with Crippen molar-refractivity contribution in [1.29, 1.82) is 0 Å². The molecular weight excluding hydrogens is 485 g/mol. The van der Waals surface area contributed by atoms with E-state index in [2.05, 4.69) is 28.8 Å². The lowest BCUT2D eigenvalue weighted by Crippen LogP contribution is -2.54. The van der Waals surface area contributed by atoms with Crippen molar-refractivity contribution in [2.45, 2.75) is 30.1 Å². The Balaban J connectivity index is 1.61. The van der Waals surface area contributed by atoms with Crippen molar-refractivity contribution in [3.8, 4) is 16.2 Å². The molecule has 0 aliphatic carbocycles. The van der Waals surface area contributed by atoms with Crippen molar-refractivity contribution >= 4 is 44.3 Å². The second-order valence-electron chi connectivity index (χ2n) is 8.11. The third-order valence-corrected chi connectivity index (χ3v) is 8.68. The first-order valence-electron chi connectivity index (χ1n) is 10.4. The van der Waals surface area contributed by atoms with Crippen molar-refractivity contribution < 1.29 is 17.5 Å². The van der Waals surface area contributed by atoms with Crippen molar-refractivity contribution in [2.24, 2.45) is 0 Å². The molecule has 1 aliphatic heterocycles. The molecule has 3 aromatic rings. The van der Waals surface area contributed by atoms with Gasteiger partial charge in [0.2, 0.25) is 0 Å². The summed E-state index contributed by atoms with van der Waals surface area (Å²) in [4.78, 5) is 2.90.